The second kappa shape index (κ2) is 7.36. The molecule has 0 saturated heterocycles. The lowest BCUT2D eigenvalue weighted by Gasteiger charge is -2.17. The third-order valence-electron chi connectivity index (χ3n) is 3.66. The highest BCUT2D eigenvalue weighted by molar-refractivity contribution is 7.92. The molecule has 0 aliphatic heterocycles. The van der Waals surface area contributed by atoms with Crippen LogP contribution >= 0.6 is 0 Å². The van der Waals surface area contributed by atoms with Gasteiger partial charge in [0, 0.05) is 19.8 Å². The first-order chi connectivity index (χ1) is 12.0. The predicted octanol–water partition coefficient (Wildman–Crippen LogP) is 1.47. The zero-order valence-corrected chi connectivity index (χ0v) is 14.5. The topological polar surface area (TPSA) is 107 Å². The number of aryl methyl sites for hydroxylation is 1. The number of anilines is 1. The van der Waals surface area contributed by atoms with Crippen LogP contribution in [0.1, 0.15) is 5.56 Å². The van der Waals surface area contributed by atoms with E-state index in [1.165, 1.54) is 29.1 Å². The van der Waals surface area contributed by atoms with Crippen LogP contribution in [0.5, 0.6) is 0 Å². The van der Waals surface area contributed by atoms with Crippen molar-refractivity contribution in [1.29, 1.82) is 0 Å². The lowest BCUT2D eigenvalue weighted by Crippen LogP contribution is -2.31. The maximum absolute atomic E-state index is 12.8. The summed E-state index contributed by atoms with van der Waals surface area (Å²) in [5, 5.41) is 6.55. The van der Waals surface area contributed by atoms with E-state index < -0.39 is 32.1 Å². The van der Waals surface area contributed by atoms with Crippen LogP contribution in [-0.2, 0) is 28.1 Å². The maximum Gasteiger partial charge on any atom is 0.501 e. The van der Waals surface area contributed by atoms with Gasteiger partial charge < -0.3 is 11.1 Å². The fourth-order valence-corrected chi connectivity index (χ4v) is 3.28. The molecule has 0 aliphatic carbocycles. The minimum Gasteiger partial charge on any atom is -0.383 e. The van der Waals surface area contributed by atoms with Crippen molar-refractivity contribution in [3.05, 3.63) is 42.2 Å². The number of nitrogens with zero attached hydrogens (tertiary/aromatic N) is 2. The van der Waals surface area contributed by atoms with E-state index in [9.17, 15) is 26.4 Å². The summed E-state index contributed by atoms with van der Waals surface area (Å²) in [6.45, 7) is -0.130. The third kappa shape index (κ3) is 4.34. The second-order valence-electron chi connectivity index (χ2n) is 5.65. The average Bonchev–Trinajstić information content (AvgIpc) is 2.95. The van der Waals surface area contributed by atoms with E-state index in [1.54, 1.807) is 13.2 Å². The van der Waals surface area contributed by atoms with Gasteiger partial charge in [-0.1, -0.05) is 12.1 Å². The molecule has 26 heavy (non-hydrogen) atoms. The molecule has 1 unspecified atom stereocenters. The Morgan fingerprint density at radius 2 is 2.00 bits per heavy atom. The first-order valence-corrected chi connectivity index (χ1v) is 8.92. The summed E-state index contributed by atoms with van der Waals surface area (Å²) in [4.78, 5) is 10.7. The number of alkyl halides is 3. The van der Waals surface area contributed by atoms with Crippen LogP contribution in [0, 0.1) is 5.92 Å². The van der Waals surface area contributed by atoms with Gasteiger partial charge in [0.05, 0.1) is 22.7 Å². The normalized spacial score (nSPS) is 13.4. The Morgan fingerprint density at radius 1 is 1.35 bits per heavy atom. The van der Waals surface area contributed by atoms with Crippen molar-refractivity contribution >= 4 is 21.4 Å². The number of hydrogen-bond donors (Lipinski definition) is 2. The minimum absolute atomic E-state index is 0.130. The zero-order valence-electron chi connectivity index (χ0n) is 13.7. The van der Waals surface area contributed by atoms with E-state index in [-0.39, 0.29) is 18.7 Å². The fourth-order valence-electron chi connectivity index (χ4n) is 2.34. The number of benzene rings is 1. The van der Waals surface area contributed by atoms with E-state index in [0.717, 1.165) is 6.07 Å². The van der Waals surface area contributed by atoms with Crippen LogP contribution < -0.4 is 11.1 Å². The van der Waals surface area contributed by atoms with Crippen molar-refractivity contribution < 1.29 is 26.4 Å². The van der Waals surface area contributed by atoms with E-state index >= 15 is 0 Å². The number of nitrogens with two attached hydrogens (primary N) is 1. The molecule has 2 rings (SSSR count). The molecule has 1 amide bonds. The number of para-hydroxylation sites is 1. The fraction of sp³-hybridized carbons (Fsp3) is 0.333. The summed E-state index contributed by atoms with van der Waals surface area (Å²) < 4.78 is 63.3. The summed E-state index contributed by atoms with van der Waals surface area (Å²) in [5.74, 6) is -1.43. The SMILES string of the molecule is Cn1cc(CC(CNc2ccccc2S(=O)(=O)C(F)(F)F)C(N)=O)cn1. The molecule has 3 N–H and O–H groups in total. The van der Waals surface area contributed by atoms with E-state index in [0.29, 0.717) is 5.56 Å². The van der Waals surface area contributed by atoms with Gasteiger partial charge in [-0.05, 0) is 24.1 Å². The van der Waals surface area contributed by atoms with Gasteiger partial charge in [0.15, 0.2) is 0 Å². The third-order valence-corrected chi connectivity index (χ3v) is 5.21. The van der Waals surface area contributed by atoms with E-state index in [1.807, 2.05) is 0 Å². The highest BCUT2D eigenvalue weighted by Gasteiger charge is 2.47. The number of halogens is 3. The second-order valence-corrected chi connectivity index (χ2v) is 7.56. The van der Waals surface area contributed by atoms with Gasteiger partial charge >= 0.3 is 5.51 Å². The maximum atomic E-state index is 12.8. The van der Waals surface area contributed by atoms with Gasteiger partial charge in [0.1, 0.15) is 0 Å². The standard InChI is InChI=1S/C15H17F3N4O3S/c1-22-9-10(7-21-22)6-11(14(19)23)8-20-12-4-2-3-5-13(12)26(24,25)15(16,17)18/h2-5,7,9,11,20H,6,8H2,1H3,(H2,19,23). The van der Waals surface area contributed by atoms with Gasteiger partial charge in [-0.3, -0.25) is 9.48 Å². The smallest absolute Gasteiger partial charge is 0.383 e. The van der Waals surface area contributed by atoms with Crippen molar-refractivity contribution in [1.82, 2.24) is 9.78 Å². The Labute approximate surface area is 147 Å². The van der Waals surface area contributed by atoms with Gasteiger partial charge in [-0.15, -0.1) is 0 Å². The Morgan fingerprint density at radius 3 is 2.54 bits per heavy atom. The van der Waals surface area contributed by atoms with Crippen LogP contribution in [0.2, 0.25) is 0 Å². The summed E-state index contributed by atoms with van der Waals surface area (Å²) in [6.07, 6.45) is 3.43. The molecule has 0 aliphatic rings. The van der Waals surface area contributed by atoms with Crippen LogP contribution in [0.25, 0.3) is 0 Å². The molecule has 1 aromatic carbocycles. The van der Waals surface area contributed by atoms with Crippen LogP contribution in [-0.4, -0.2) is 36.2 Å². The molecular formula is C15H17F3N4O3S. The molecule has 1 heterocycles. The Bertz CT molecular complexity index is 894. The van der Waals surface area contributed by atoms with Crippen molar-refractivity contribution in [3.8, 4) is 0 Å². The number of carbonyl (C=O) groups is 1. The van der Waals surface area contributed by atoms with Gasteiger partial charge in [-0.2, -0.15) is 18.3 Å². The number of hydrogen-bond acceptors (Lipinski definition) is 5. The zero-order chi connectivity index (χ0) is 19.5. The van der Waals surface area contributed by atoms with Crippen LogP contribution in [0.15, 0.2) is 41.6 Å². The number of carbonyl (C=O) groups excluding carboxylic acids is 1. The Kier molecular flexibility index (Phi) is 5.59. The molecule has 142 valence electrons. The number of primary amides is 1. The first-order valence-electron chi connectivity index (χ1n) is 7.43. The first kappa shape index (κ1) is 19.8. The highest BCUT2D eigenvalue weighted by atomic mass is 32.2. The van der Waals surface area contributed by atoms with E-state index in [4.69, 9.17) is 5.73 Å². The molecule has 11 heteroatoms. The number of amides is 1. The van der Waals surface area contributed by atoms with Crippen LogP contribution in [0.4, 0.5) is 18.9 Å². The Hall–Kier alpha value is -2.56. The molecule has 7 nitrogen and oxygen atoms in total. The molecule has 0 spiro atoms. The van der Waals surface area contributed by atoms with Gasteiger partial charge in [-0.25, -0.2) is 8.42 Å². The average molecular weight is 390 g/mol. The largest absolute Gasteiger partial charge is 0.501 e. The molecule has 0 fully saturated rings. The van der Waals surface area contributed by atoms with Crippen LogP contribution in [0.3, 0.4) is 0 Å². The molecule has 2 aromatic rings. The lowest BCUT2D eigenvalue weighted by molar-refractivity contribution is -0.121. The quantitative estimate of drug-likeness (QED) is 0.745. The molecule has 1 aromatic heterocycles. The molecule has 0 saturated carbocycles. The number of nitrogens with one attached hydrogen (secondary N) is 1. The highest BCUT2D eigenvalue weighted by Crippen LogP contribution is 2.34. The number of aromatic nitrogens is 2. The van der Waals surface area contributed by atoms with Crippen molar-refractivity contribution in [2.45, 2.75) is 16.8 Å². The molecule has 1 atom stereocenters. The molecular weight excluding hydrogens is 373 g/mol. The van der Waals surface area contributed by atoms with Crippen molar-refractivity contribution in [2.24, 2.45) is 18.7 Å². The number of rotatable bonds is 7. The van der Waals surface area contributed by atoms with Crippen molar-refractivity contribution in [3.63, 3.8) is 0 Å². The monoisotopic (exact) mass is 390 g/mol. The van der Waals surface area contributed by atoms with Gasteiger partial charge in [0.25, 0.3) is 9.84 Å². The Balaban J connectivity index is 2.21. The molecule has 0 radical (unpaired) electrons. The lowest BCUT2D eigenvalue weighted by atomic mass is 10.0. The van der Waals surface area contributed by atoms with Gasteiger partial charge in [0.2, 0.25) is 5.91 Å². The summed E-state index contributed by atoms with van der Waals surface area (Å²) in [7, 11) is -3.83. The summed E-state index contributed by atoms with van der Waals surface area (Å²) in [5.41, 5.74) is 0.386. The summed E-state index contributed by atoms with van der Waals surface area (Å²) in [6, 6.07) is 4.62. The number of sulfone groups is 1. The minimum atomic E-state index is -5.52. The van der Waals surface area contributed by atoms with Crippen molar-refractivity contribution in [2.75, 3.05) is 11.9 Å². The van der Waals surface area contributed by atoms with E-state index in [2.05, 4.69) is 10.4 Å². The summed E-state index contributed by atoms with van der Waals surface area (Å²) >= 11 is 0. The predicted molar refractivity (Wildman–Crippen MR) is 87.8 cm³/mol. The molecule has 0 bridgehead atoms.